The van der Waals surface area contributed by atoms with Gasteiger partial charge in [-0.1, -0.05) is 6.08 Å². The summed E-state index contributed by atoms with van der Waals surface area (Å²) in [6, 6.07) is 0. The van der Waals surface area contributed by atoms with Crippen molar-refractivity contribution < 1.29 is 18.0 Å². The molecule has 0 aliphatic heterocycles. The zero-order chi connectivity index (χ0) is 10.6. The summed E-state index contributed by atoms with van der Waals surface area (Å²) in [5.41, 5.74) is 3.89. The van der Waals surface area contributed by atoms with E-state index in [1.165, 1.54) is 29.5 Å². The highest BCUT2D eigenvalue weighted by Crippen LogP contribution is 2.28. The van der Waals surface area contributed by atoms with Gasteiger partial charge in [-0.25, -0.2) is 0 Å². The standard InChI is InChI=1S/C7H7F3INO/c1-2-4(7(8,9)10)3-5(11)6(12)13/h2-3H,1H3,(H2,12,13)/b4-2+,5-3+. The normalized spacial score (nSPS) is 14.5. The fourth-order valence-electron chi connectivity index (χ4n) is 0.536. The highest BCUT2D eigenvalue weighted by Gasteiger charge is 2.31. The van der Waals surface area contributed by atoms with Crippen molar-refractivity contribution in [2.24, 2.45) is 5.73 Å². The first-order chi connectivity index (χ1) is 5.79. The highest BCUT2D eigenvalue weighted by atomic mass is 127. The van der Waals surface area contributed by atoms with Crippen LogP contribution < -0.4 is 5.73 Å². The number of carbonyl (C=O) groups is 1. The maximum atomic E-state index is 12.1. The molecule has 0 spiro atoms. The third-order valence-electron chi connectivity index (χ3n) is 1.16. The van der Waals surface area contributed by atoms with Gasteiger partial charge in [-0.3, -0.25) is 4.79 Å². The molecular formula is C7H7F3INO. The van der Waals surface area contributed by atoms with Gasteiger partial charge in [0.2, 0.25) is 0 Å². The third-order valence-corrected chi connectivity index (χ3v) is 2.00. The number of primary amides is 1. The highest BCUT2D eigenvalue weighted by molar-refractivity contribution is 14.1. The van der Waals surface area contributed by atoms with Gasteiger partial charge in [0.25, 0.3) is 5.91 Å². The van der Waals surface area contributed by atoms with Crippen LogP contribution in [0.1, 0.15) is 6.92 Å². The minimum absolute atomic E-state index is 0.150. The summed E-state index contributed by atoms with van der Waals surface area (Å²) in [5, 5.41) is 0. The Kier molecular flexibility index (Phi) is 4.45. The Morgan fingerprint density at radius 2 is 1.92 bits per heavy atom. The molecular weight excluding hydrogens is 298 g/mol. The maximum Gasteiger partial charge on any atom is 0.416 e. The number of hydrogen-bond acceptors (Lipinski definition) is 1. The topological polar surface area (TPSA) is 43.1 Å². The molecule has 0 aromatic heterocycles. The largest absolute Gasteiger partial charge is 0.416 e. The van der Waals surface area contributed by atoms with Crippen LogP contribution in [-0.2, 0) is 4.79 Å². The molecule has 0 unspecified atom stereocenters. The molecule has 0 rings (SSSR count). The van der Waals surface area contributed by atoms with Crippen molar-refractivity contribution in [2.75, 3.05) is 0 Å². The van der Waals surface area contributed by atoms with Gasteiger partial charge in [-0.2, -0.15) is 13.2 Å². The van der Waals surface area contributed by atoms with E-state index in [9.17, 15) is 18.0 Å². The van der Waals surface area contributed by atoms with Gasteiger partial charge in [0.15, 0.2) is 0 Å². The van der Waals surface area contributed by atoms with E-state index in [1.807, 2.05) is 0 Å². The van der Waals surface area contributed by atoms with Crippen molar-refractivity contribution in [3.63, 3.8) is 0 Å². The molecule has 0 fully saturated rings. The SMILES string of the molecule is C/C=C(\C=C(\I)C(N)=O)C(F)(F)F. The molecule has 6 heteroatoms. The monoisotopic (exact) mass is 305 g/mol. The quantitative estimate of drug-likeness (QED) is 0.475. The van der Waals surface area contributed by atoms with Crippen LogP contribution in [0.15, 0.2) is 21.3 Å². The molecule has 0 aromatic rings. The molecule has 0 saturated carbocycles. The van der Waals surface area contributed by atoms with E-state index in [4.69, 9.17) is 5.73 Å². The van der Waals surface area contributed by atoms with E-state index < -0.39 is 17.7 Å². The minimum atomic E-state index is -4.44. The minimum Gasteiger partial charge on any atom is -0.365 e. The van der Waals surface area contributed by atoms with Crippen molar-refractivity contribution in [3.05, 3.63) is 21.3 Å². The molecule has 13 heavy (non-hydrogen) atoms. The summed E-state index contributed by atoms with van der Waals surface area (Å²) in [7, 11) is 0. The Bertz CT molecular complexity index is 267. The number of rotatable bonds is 2. The number of allylic oxidation sites excluding steroid dienone is 3. The Labute approximate surface area is 86.8 Å². The van der Waals surface area contributed by atoms with E-state index in [-0.39, 0.29) is 3.58 Å². The van der Waals surface area contributed by atoms with Crippen molar-refractivity contribution >= 4 is 28.5 Å². The fraction of sp³-hybridized carbons (Fsp3) is 0.286. The summed E-state index contributed by atoms with van der Waals surface area (Å²) in [6.45, 7) is 1.24. The van der Waals surface area contributed by atoms with Gasteiger partial charge in [-0.15, -0.1) is 0 Å². The molecule has 2 nitrogen and oxygen atoms in total. The molecule has 0 bridgehead atoms. The van der Waals surface area contributed by atoms with E-state index in [0.29, 0.717) is 6.08 Å². The second kappa shape index (κ2) is 4.64. The summed E-state index contributed by atoms with van der Waals surface area (Å²) < 4.78 is 36.1. The van der Waals surface area contributed by atoms with Crippen molar-refractivity contribution in [1.82, 2.24) is 0 Å². The van der Waals surface area contributed by atoms with Crippen molar-refractivity contribution in [1.29, 1.82) is 0 Å². The lowest BCUT2D eigenvalue weighted by molar-refractivity contribution is -0.113. The lowest BCUT2D eigenvalue weighted by atomic mass is 10.2. The fourth-order valence-corrected chi connectivity index (χ4v) is 0.872. The molecule has 0 aliphatic carbocycles. The molecule has 0 radical (unpaired) electrons. The smallest absolute Gasteiger partial charge is 0.365 e. The Morgan fingerprint density at radius 3 is 2.15 bits per heavy atom. The van der Waals surface area contributed by atoms with Crippen molar-refractivity contribution in [3.8, 4) is 0 Å². The van der Waals surface area contributed by atoms with Gasteiger partial charge >= 0.3 is 6.18 Å². The van der Waals surface area contributed by atoms with Crippen LogP contribution in [0.4, 0.5) is 13.2 Å². The first kappa shape index (κ1) is 12.5. The van der Waals surface area contributed by atoms with E-state index in [0.717, 1.165) is 6.08 Å². The number of carbonyl (C=O) groups excluding carboxylic acids is 1. The number of amides is 1. The molecule has 0 aromatic carbocycles. The van der Waals surface area contributed by atoms with Crippen LogP contribution in [0.2, 0.25) is 0 Å². The average Bonchev–Trinajstić information content (AvgIpc) is 1.96. The predicted octanol–water partition coefficient (Wildman–Crippen LogP) is 2.30. The number of hydrogen-bond donors (Lipinski definition) is 1. The molecule has 0 heterocycles. The van der Waals surface area contributed by atoms with Crippen molar-refractivity contribution in [2.45, 2.75) is 13.1 Å². The first-order valence-electron chi connectivity index (χ1n) is 3.19. The Morgan fingerprint density at radius 1 is 1.46 bits per heavy atom. The zero-order valence-electron chi connectivity index (χ0n) is 6.65. The number of nitrogens with two attached hydrogens (primary N) is 1. The summed E-state index contributed by atoms with van der Waals surface area (Å²) in [5.74, 6) is -0.871. The van der Waals surface area contributed by atoms with Gasteiger partial charge in [0.05, 0.1) is 9.15 Å². The van der Waals surface area contributed by atoms with Crippen LogP contribution >= 0.6 is 22.6 Å². The number of alkyl halides is 3. The second-order valence-corrected chi connectivity index (χ2v) is 3.26. The molecule has 0 atom stereocenters. The van der Waals surface area contributed by atoms with Crippen LogP contribution in [-0.4, -0.2) is 12.1 Å². The molecule has 74 valence electrons. The van der Waals surface area contributed by atoms with Crippen LogP contribution in [0.25, 0.3) is 0 Å². The van der Waals surface area contributed by atoms with Crippen LogP contribution in [0.5, 0.6) is 0 Å². The van der Waals surface area contributed by atoms with E-state index in [1.54, 1.807) is 0 Å². The molecule has 1 amide bonds. The zero-order valence-corrected chi connectivity index (χ0v) is 8.81. The maximum absolute atomic E-state index is 12.1. The predicted molar refractivity (Wildman–Crippen MR) is 51.1 cm³/mol. The van der Waals surface area contributed by atoms with Gasteiger partial charge in [0, 0.05) is 0 Å². The molecule has 2 N–H and O–H groups in total. The van der Waals surface area contributed by atoms with E-state index in [2.05, 4.69) is 0 Å². The van der Waals surface area contributed by atoms with E-state index >= 15 is 0 Å². The van der Waals surface area contributed by atoms with Crippen LogP contribution in [0.3, 0.4) is 0 Å². The van der Waals surface area contributed by atoms with Gasteiger partial charge in [0.1, 0.15) is 0 Å². The second-order valence-electron chi connectivity index (χ2n) is 2.10. The Hall–Kier alpha value is -0.530. The molecule has 0 saturated heterocycles. The summed E-state index contributed by atoms with van der Waals surface area (Å²) in [4.78, 5) is 10.4. The third kappa shape index (κ3) is 4.30. The van der Waals surface area contributed by atoms with Crippen LogP contribution in [0, 0.1) is 0 Å². The van der Waals surface area contributed by atoms with Gasteiger partial charge < -0.3 is 5.73 Å². The number of halogens is 4. The first-order valence-corrected chi connectivity index (χ1v) is 4.27. The van der Waals surface area contributed by atoms with Gasteiger partial charge in [-0.05, 0) is 35.6 Å². The lowest BCUT2D eigenvalue weighted by Gasteiger charge is -2.06. The summed E-state index contributed by atoms with van der Waals surface area (Å²) in [6.07, 6.45) is -2.86. The average molecular weight is 305 g/mol. The lowest BCUT2D eigenvalue weighted by Crippen LogP contribution is -2.14. The Balaban J connectivity index is 4.87. The summed E-state index contributed by atoms with van der Waals surface area (Å²) >= 11 is 1.46. The molecule has 0 aliphatic rings.